The van der Waals surface area contributed by atoms with Gasteiger partial charge in [0.1, 0.15) is 0 Å². The fraction of sp³-hybridized carbons (Fsp3) is 0.600. The molecule has 0 unspecified atom stereocenters. The maximum atomic E-state index is 2.24. The Morgan fingerprint density at radius 1 is 0.545 bits per heavy atom. The van der Waals surface area contributed by atoms with Crippen molar-refractivity contribution in [1.29, 1.82) is 0 Å². The second-order valence-corrected chi connectivity index (χ2v) is 2.80. The maximum absolute atomic E-state index is 2.24. The molecular weight excluding hydrogens is 144 g/mol. The van der Waals surface area contributed by atoms with Crippen molar-refractivity contribution in [2.75, 3.05) is 0 Å². The number of hydrogen-bond donors (Lipinski definition) is 0. The Labute approximate surface area is 85.9 Å². The van der Waals surface area contributed by atoms with Crippen LogP contribution >= 0.6 is 0 Å². The minimum absolute atomic E-state index is 0. The van der Waals surface area contributed by atoms with E-state index in [1.807, 2.05) is 0 Å². The quantitative estimate of drug-likeness (QED) is 0.379. The Morgan fingerprint density at radius 3 is 0.909 bits per heavy atom. The molecule has 0 aromatic carbocycles. The standard InChI is InChI=1S/2C5H8.Mg.2H/c2*1-2-4-5-3-1;;;/h2*1-2H,3-5H2;;;. The molecule has 0 aromatic heterocycles. The fourth-order valence-electron chi connectivity index (χ4n) is 1.18. The first-order valence-corrected chi connectivity index (χ1v) is 4.30. The van der Waals surface area contributed by atoms with Crippen molar-refractivity contribution in [1.82, 2.24) is 0 Å². The third kappa shape index (κ3) is 6.64. The summed E-state index contributed by atoms with van der Waals surface area (Å²) in [5, 5.41) is 0. The van der Waals surface area contributed by atoms with Crippen LogP contribution < -0.4 is 0 Å². The highest BCUT2D eigenvalue weighted by atomic mass is 24.3. The van der Waals surface area contributed by atoms with E-state index in [-0.39, 0.29) is 23.1 Å². The molecule has 2 aliphatic carbocycles. The first kappa shape index (κ1) is 11.2. The molecule has 0 aromatic rings. The largest absolute Gasteiger partial charge is 0.316 e. The van der Waals surface area contributed by atoms with E-state index in [2.05, 4.69) is 24.3 Å². The van der Waals surface area contributed by atoms with Crippen LogP contribution in [0.1, 0.15) is 38.5 Å². The summed E-state index contributed by atoms with van der Waals surface area (Å²) < 4.78 is 0. The van der Waals surface area contributed by atoms with E-state index in [0.717, 1.165) is 0 Å². The Morgan fingerprint density at radius 2 is 0.818 bits per heavy atom. The Balaban J connectivity index is 0.000000167. The molecule has 0 heterocycles. The molecule has 0 amide bonds. The molecule has 0 fully saturated rings. The van der Waals surface area contributed by atoms with Crippen molar-refractivity contribution < 1.29 is 0 Å². The first-order chi connectivity index (χ1) is 5.00. The molecule has 0 atom stereocenters. The highest BCUT2D eigenvalue weighted by molar-refractivity contribution is 5.75. The summed E-state index contributed by atoms with van der Waals surface area (Å²) in [6, 6.07) is 0. The van der Waals surface area contributed by atoms with Crippen LogP contribution in [0, 0.1) is 0 Å². The predicted molar refractivity (Wildman–Crippen MR) is 54.5 cm³/mol. The molecule has 0 N–H and O–H groups in total. The van der Waals surface area contributed by atoms with Gasteiger partial charge in [0.25, 0.3) is 0 Å². The molecule has 0 nitrogen and oxygen atoms in total. The van der Waals surface area contributed by atoms with Crippen LogP contribution in [0.25, 0.3) is 0 Å². The van der Waals surface area contributed by atoms with Crippen LogP contribution in [0.4, 0.5) is 0 Å². The number of rotatable bonds is 0. The van der Waals surface area contributed by atoms with E-state index in [1.165, 1.54) is 38.5 Å². The number of allylic oxidation sites excluding steroid dienone is 4. The van der Waals surface area contributed by atoms with Gasteiger partial charge in [0.05, 0.1) is 0 Å². The van der Waals surface area contributed by atoms with Crippen LogP contribution in [-0.2, 0) is 0 Å². The molecule has 0 saturated carbocycles. The van der Waals surface area contributed by atoms with E-state index >= 15 is 0 Å². The van der Waals surface area contributed by atoms with Gasteiger partial charge < -0.3 is 0 Å². The molecular formula is C10H18Mg. The average molecular weight is 163 g/mol. The predicted octanol–water partition coefficient (Wildman–Crippen LogP) is 2.54. The minimum Gasteiger partial charge on any atom is -0.0885 e. The summed E-state index contributed by atoms with van der Waals surface area (Å²) in [7, 11) is 0. The van der Waals surface area contributed by atoms with Gasteiger partial charge in [-0.3, -0.25) is 0 Å². The lowest BCUT2D eigenvalue weighted by Crippen LogP contribution is -1.50. The van der Waals surface area contributed by atoms with Gasteiger partial charge in [0.15, 0.2) is 0 Å². The fourth-order valence-corrected chi connectivity index (χ4v) is 1.18. The summed E-state index contributed by atoms with van der Waals surface area (Å²) in [6.07, 6.45) is 17.0. The maximum Gasteiger partial charge on any atom is 0.316 e. The molecule has 0 bridgehead atoms. The van der Waals surface area contributed by atoms with E-state index < -0.39 is 0 Å². The van der Waals surface area contributed by atoms with Crippen molar-refractivity contribution in [3.8, 4) is 0 Å². The SMILES string of the molecule is C1=CCCC1.C1=CCCC1.[MgH2]. The van der Waals surface area contributed by atoms with E-state index in [4.69, 9.17) is 0 Å². The van der Waals surface area contributed by atoms with E-state index in [9.17, 15) is 0 Å². The summed E-state index contributed by atoms with van der Waals surface area (Å²) >= 11 is 0. The number of hydrogen-bond acceptors (Lipinski definition) is 0. The minimum atomic E-state index is 0. The first-order valence-electron chi connectivity index (χ1n) is 4.30. The molecule has 2 aliphatic rings. The zero-order valence-corrected chi connectivity index (χ0v) is 6.55. The normalized spacial score (nSPS) is 18.9. The second kappa shape index (κ2) is 8.34. The van der Waals surface area contributed by atoms with Crippen molar-refractivity contribution in [2.24, 2.45) is 0 Å². The molecule has 0 radical (unpaired) electrons. The van der Waals surface area contributed by atoms with Gasteiger partial charge in [-0.15, -0.1) is 0 Å². The van der Waals surface area contributed by atoms with E-state index in [0.29, 0.717) is 0 Å². The van der Waals surface area contributed by atoms with Crippen molar-refractivity contribution >= 4 is 23.1 Å². The molecule has 1 heteroatoms. The van der Waals surface area contributed by atoms with Gasteiger partial charge in [-0.25, -0.2) is 0 Å². The van der Waals surface area contributed by atoms with Crippen molar-refractivity contribution in [2.45, 2.75) is 38.5 Å². The molecule has 0 aliphatic heterocycles. The highest BCUT2D eigenvalue weighted by Gasteiger charge is 1.85. The molecule has 0 spiro atoms. The lowest BCUT2D eigenvalue weighted by Gasteiger charge is -1.69. The summed E-state index contributed by atoms with van der Waals surface area (Å²) in [5.74, 6) is 0. The molecule has 0 saturated heterocycles. The molecule has 2 rings (SSSR count). The third-order valence-corrected chi connectivity index (χ3v) is 1.82. The summed E-state index contributed by atoms with van der Waals surface area (Å²) in [4.78, 5) is 0. The van der Waals surface area contributed by atoms with Gasteiger partial charge >= 0.3 is 23.1 Å². The smallest absolute Gasteiger partial charge is 0.0885 e. The van der Waals surface area contributed by atoms with Gasteiger partial charge in [-0.05, 0) is 38.5 Å². The molecule has 11 heavy (non-hydrogen) atoms. The van der Waals surface area contributed by atoms with Crippen molar-refractivity contribution in [3.63, 3.8) is 0 Å². The van der Waals surface area contributed by atoms with Crippen LogP contribution in [0.2, 0.25) is 0 Å². The summed E-state index contributed by atoms with van der Waals surface area (Å²) in [5.41, 5.74) is 0. The highest BCUT2D eigenvalue weighted by Crippen LogP contribution is 2.05. The van der Waals surface area contributed by atoms with Crippen LogP contribution in [0.15, 0.2) is 24.3 Å². The van der Waals surface area contributed by atoms with Gasteiger partial charge in [-0.2, -0.15) is 0 Å². The monoisotopic (exact) mass is 162 g/mol. The third-order valence-electron chi connectivity index (χ3n) is 1.82. The lowest BCUT2D eigenvalue weighted by atomic mass is 10.4. The zero-order chi connectivity index (χ0) is 7.07. The zero-order valence-electron chi connectivity index (χ0n) is 6.55. The van der Waals surface area contributed by atoms with E-state index in [1.54, 1.807) is 0 Å². The Kier molecular flexibility index (Phi) is 8.53. The topological polar surface area (TPSA) is 0 Å². The average Bonchev–Trinajstić information content (AvgIpc) is 2.67. The Bertz CT molecular complexity index is 96.8. The molecule has 60 valence electrons. The van der Waals surface area contributed by atoms with Gasteiger partial charge in [0.2, 0.25) is 0 Å². The Hall–Kier alpha value is 0.246. The van der Waals surface area contributed by atoms with Crippen LogP contribution in [-0.4, -0.2) is 23.1 Å². The van der Waals surface area contributed by atoms with Gasteiger partial charge in [0, 0.05) is 0 Å². The van der Waals surface area contributed by atoms with Crippen LogP contribution in [0.3, 0.4) is 0 Å². The summed E-state index contributed by atoms with van der Waals surface area (Å²) in [6.45, 7) is 0. The van der Waals surface area contributed by atoms with Gasteiger partial charge in [-0.1, -0.05) is 24.3 Å². The van der Waals surface area contributed by atoms with Crippen molar-refractivity contribution in [3.05, 3.63) is 24.3 Å². The lowest BCUT2D eigenvalue weighted by molar-refractivity contribution is 0.929. The second-order valence-electron chi connectivity index (χ2n) is 2.80. The van der Waals surface area contributed by atoms with Crippen LogP contribution in [0.5, 0.6) is 0 Å².